The van der Waals surface area contributed by atoms with E-state index in [9.17, 15) is 0 Å². The van der Waals surface area contributed by atoms with E-state index < -0.39 is 0 Å². The molecule has 0 aliphatic carbocycles. The van der Waals surface area contributed by atoms with E-state index in [-0.39, 0.29) is 11.8 Å². The van der Waals surface area contributed by atoms with Crippen molar-refractivity contribution in [3.8, 4) is 5.75 Å². The summed E-state index contributed by atoms with van der Waals surface area (Å²) in [7, 11) is 0. The summed E-state index contributed by atoms with van der Waals surface area (Å²) < 4.78 is 12.5. The number of hydrazine groups is 1. The number of para-hydroxylation sites is 1. The lowest BCUT2D eigenvalue weighted by Gasteiger charge is -2.50. The fourth-order valence-corrected chi connectivity index (χ4v) is 4.53. The molecule has 0 bridgehead atoms. The van der Waals surface area contributed by atoms with E-state index in [1.807, 2.05) is 19.1 Å². The van der Waals surface area contributed by atoms with Crippen molar-refractivity contribution in [1.29, 1.82) is 0 Å². The van der Waals surface area contributed by atoms with Crippen LogP contribution in [-0.2, 0) is 0 Å². The largest absolute Gasteiger partial charge is 0.470 e. The van der Waals surface area contributed by atoms with Crippen molar-refractivity contribution in [1.82, 2.24) is 10.4 Å². The molecule has 0 amide bonds. The Morgan fingerprint density at radius 3 is 2.73 bits per heavy atom. The van der Waals surface area contributed by atoms with Gasteiger partial charge in [-0.15, -0.1) is 0 Å². The van der Waals surface area contributed by atoms with Crippen LogP contribution < -0.4 is 15.1 Å². The molecule has 26 heavy (non-hydrogen) atoms. The summed E-state index contributed by atoms with van der Waals surface area (Å²) in [5, 5.41) is 2.33. The number of quaternary nitrogens is 1. The van der Waals surface area contributed by atoms with E-state index in [1.54, 1.807) is 4.90 Å². The highest BCUT2D eigenvalue weighted by molar-refractivity contribution is 5.64. The molecule has 3 aliphatic heterocycles. The summed E-state index contributed by atoms with van der Waals surface area (Å²) in [6.07, 6.45) is 4.32. The smallest absolute Gasteiger partial charge is 0.191 e. The van der Waals surface area contributed by atoms with Crippen LogP contribution in [0.4, 0.5) is 0 Å². The van der Waals surface area contributed by atoms with Gasteiger partial charge in [0.25, 0.3) is 0 Å². The number of furan rings is 1. The quantitative estimate of drug-likeness (QED) is 0.870. The maximum Gasteiger partial charge on any atom is 0.191 e. The summed E-state index contributed by atoms with van der Waals surface area (Å²) >= 11 is 0. The van der Waals surface area contributed by atoms with Gasteiger partial charge in [-0.3, -0.25) is 0 Å². The second-order valence-corrected chi connectivity index (χ2v) is 7.61. The lowest BCUT2D eigenvalue weighted by molar-refractivity contribution is -0.906. The Hall–Kier alpha value is -2.24. The van der Waals surface area contributed by atoms with Crippen molar-refractivity contribution in [2.24, 2.45) is 0 Å². The van der Waals surface area contributed by atoms with Gasteiger partial charge in [0.1, 0.15) is 11.5 Å². The molecule has 1 spiro atoms. The highest BCUT2D eigenvalue weighted by Crippen LogP contribution is 2.47. The van der Waals surface area contributed by atoms with Gasteiger partial charge in [-0.1, -0.05) is 18.2 Å². The van der Waals surface area contributed by atoms with Crippen molar-refractivity contribution >= 4 is 5.70 Å². The number of ether oxygens (including phenoxy) is 1. The number of likely N-dealkylation sites (tertiary alicyclic amines) is 1. The van der Waals surface area contributed by atoms with Crippen molar-refractivity contribution in [3.05, 3.63) is 59.6 Å². The molecule has 1 aromatic heterocycles. The summed E-state index contributed by atoms with van der Waals surface area (Å²) in [6.45, 7) is 7.70. The second-order valence-electron chi connectivity index (χ2n) is 7.61. The van der Waals surface area contributed by atoms with E-state index in [0.717, 1.165) is 48.9 Å². The molecule has 0 radical (unpaired) electrons. The molecule has 136 valence electrons. The number of nitrogens with one attached hydrogen (secondary N) is 2. The first-order chi connectivity index (χ1) is 12.7. The third-order valence-corrected chi connectivity index (χ3v) is 6.06. The molecule has 5 rings (SSSR count). The lowest BCUT2D eigenvalue weighted by Crippen LogP contribution is -3.13. The maximum absolute atomic E-state index is 6.64. The van der Waals surface area contributed by atoms with Gasteiger partial charge in [0.2, 0.25) is 0 Å². The van der Waals surface area contributed by atoms with E-state index >= 15 is 0 Å². The molecule has 1 aromatic carbocycles. The Labute approximate surface area is 154 Å². The number of fused-ring (bicyclic) bond motifs is 4. The molecule has 3 aliphatic rings. The molecule has 1 atom stereocenters. The third-order valence-electron chi connectivity index (χ3n) is 6.06. The molecule has 1 saturated heterocycles. The third kappa shape index (κ3) is 2.38. The van der Waals surface area contributed by atoms with Crippen LogP contribution in [0, 0.1) is 6.92 Å². The van der Waals surface area contributed by atoms with Gasteiger partial charge < -0.3 is 19.5 Å². The van der Waals surface area contributed by atoms with E-state index in [0.29, 0.717) is 0 Å². The average molecular weight is 352 g/mol. The predicted octanol–water partition coefficient (Wildman–Crippen LogP) is 2.28. The van der Waals surface area contributed by atoms with Crippen LogP contribution in [0.15, 0.2) is 46.9 Å². The zero-order chi connectivity index (χ0) is 17.7. The van der Waals surface area contributed by atoms with Gasteiger partial charge in [-0.2, -0.15) is 5.01 Å². The van der Waals surface area contributed by atoms with Crippen LogP contribution in [0.3, 0.4) is 0 Å². The number of piperidine rings is 1. The second kappa shape index (κ2) is 5.89. The first-order valence-electron chi connectivity index (χ1n) is 9.65. The lowest BCUT2D eigenvalue weighted by atomic mass is 9.93. The monoisotopic (exact) mass is 352 g/mol. The first-order valence-corrected chi connectivity index (χ1v) is 9.65. The summed E-state index contributed by atoms with van der Waals surface area (Å²) in [4.78, 5) is 1.66. The van der Waals surface area contributed by atoms with Gasteiger partial charge in [0, 0.05) is 5.56 Å². The van der Waals surface area contributed by atoms with Gasteiger partial charge in [-0.05, 0) is 38.1 Å². The summed E-state index contributed by atoms with van der Waals surface area (Å²) in [5.41, 5.74) is 5.58. The minimum atomic E-state index is -0.294. The fourth-order valence-electron chi connectivity index (χ4n) is 4.53. The number of hydrogen-bond acceptors (Lipinski definition) is 4. The van der Waals surface area contributed by atoms with E-state index in [4.69, 9.17) is 9.15 Å². The molecule has 4 heterocycles. The van der Waals surface area contributed by atoms with E-state index in [1.165, 1.54) is 12.1 Å². The van der Waals surface area contributed by atoms with Crippen LogP contribution in [-0.4, -0.2) is 30.4 Å². The van der Waals surface area contributed by atoms with Crippen molar-refractivity contribution in [2.75, 3.05) is 19.6 Å². The molecule has 5 heteroatoms. The number of nitrogens with zero attached hydrogens (tertiary/aromatic N) is 1. The van der Waals surface area contributed by atoms with Crippen LogP contribution in [0.1, 0.15) is 42.9 Å². The minimum absolute atomic E-state index is 0.170. The molecular formula is C21H26N3O2+. The molecule has 0 saturated carbocycles. The Kier molecular flexibility index (Phi) is 3.62. The van der Waals surface area contributed by atoms with Crippen molar-refractivity contribution < 1.29 is 14.1 Å². The zero-order valence-corrected chi connectivity index (χ0v) is 15.4. The first kappa shape index (κ1) is 16.0. The van der Waals surface area contributed by atoms with Crippen LogP contribution in [0.2, 0.25) is 0 Å². The maximum atomic E-state index is 6.64. The minimum Gasteiger partial charge on any atom is -0.470 e. The van der Waals surface area contributed by atoms with Gasteiger partial charge >= 0.3 is 0 Å². The van der Waals surface area contributed by atoms with Gasteiger partial charge in [-0.25, -0.2) is 0 Å². The Bertz CT molecular complexity index is 848. The standard InChI is InChI=1S/C21H25N3O2/c1-3-23-12-10-21(11-13-23)24-18(16-6-4-5-7-19(16)26-21)14-17(22-24)20-9-8-15(2)25-20/h4-9,14,18,22H,3,10-13H2,1-2H3/p+1/t18-/m0/s1. The zero-order valence-electron chi connectivity index (χ0n) is 15.4. The molecule has 1 fully saturated rings. The normalized spacial score (nSPS) is 30.3. The van der Waals surface area contributed by atoms with Crippen molar-refractivity contribution in [3.63, 3.8) is 0 Å². The number of rotatable bonds is 2. The van der Waals surface area contributed by atoms with Crippen LogP contribution in [0.5, 0.6) is 5.75 Å². The Balaban J connectivity index is 1.54. The topological polar surface area (TPSA) is 42.1 Å². The van der Waals surface area contributed by atoms with Crippen LogP contribution >= 0.6 is 0 Å². The van der Waals surface area contributed by atoms with E-state index in [2.05, 4.69) is 47.7 Å². The number of hydrogen-bond donors (Lipinski definition) is 2. The molecule has 2 aromatic rings. The highest BCUT2D eigenvalue weighted by Gasteiger charge is 2.52. The fraction of sp³-hybridized carbons (Fsp3) is 0.429. The van der Waals surface area contributed by atoms with Gasteiger partial charge in [0.05, 0.1) is 44.2 Å². The van der Waals surface area contributed by atoms with Crippen LogP contribution in [0.25, 0.3) is 5.70 Å². The number of benzene rings is 1. The predicted molar refractivity (Wildman–Crippen MR) is 99.4 cm³/mol. The molecule has 5 nitrogen and oxygen atoms in total. The highest BCUT2D eigenvalue weighted by atomic mass is 16.5. The molecule has 0 unspecified atom stereocenters. The number of aryl methyl sites for hydroxylation is 1. The molecular weight excluding hydrogens is 326 g/mol. The summed E-state index contributed by atoms with van der Waals surface area (Å²) in [6, 6.07) is 12.7. The SMILES string of the molecule is CC[NH+]1CCC2(CC1)Oc1ccccc1[C@@H]1C=C(c3ccc(C)o3)NN12. The molecule has 2 N–H and O–H groups in total. The summed E-state index contributed by atoms with van der Waals surface area (Å²) in [5.74, 6) is 2.84. The Morgan fingerprint density at radius 1 is 1.19 bits per heavy atom. The average Bonchev–Trinajstić information content (AvgIpc) is 3.30. The van der Waals surface area contributed by atoms with Crippen molar-refractivity contribution in [2.45, 2.75) is 38.5 Å². The Morgan fingerprint density at radius 2 is 2.00 bits per heavy atom. The van der Waals surface area contributed by atoms with Gasteiger partial charge in [0.15, 0.2) is 11.5 Å².